The first-order valence-corrected chi connectivity index (χ1v) is 7.44. The molecule has 2 rings (SSSR count). The van der Waals surface area contributed by atoms with E-state index in [1.54, 1.807) is 0 Å². The lowest BCUT2D eigenvalue weighted by Gasteiger charge is -2.29. The Balaban J connectivity index is 2.53. The molecule has 16 heavy (non-hydrogen) atoms. The molecule has 88 valence electrons. The molecule has 1 atom stereocenters. The van der Waals surface area contributed by atoms with Crippen molar-refractivity contribution in [1.29, 1.82) is 0 Å². The van der Waals surface area contributed by atoms with Gasteiger partial charge in [0.2, 0.25) is 0 Å². The van der Waals surface area contributed by atoms with Gasteiger partial charge in [-0.25, -0.2) is 0 Å². The first-order chi connectivity index (χ1) is 7.65. The van der Waals surface area contributed by atoms with Gasteiger partial charge in [0.25, 0.3) is 0 Å². The van der Waals surface area contributed by atoms with E-state index in [2.05, 4.69) is 57.1 Å². The number of nitrogens with one attached hydrogen (secondary N) is 1. The molecule has 1 aromatic rings. The Kier molecular flexibility index (Phi) is 4.09. The Labute approximate surface area is 114 Å². The summed E-state index contributed by atoms with van der Waals surface area (Å²) in [5.41, 5.74) is 4.27. The summed E-state index contributed by atoms with van der Waals surface area (Å²) >= 11 is 7.45. The van der Waals surface area contributed by atoms with Crippen molar-refractivity contribution < 1.29 is 0 Å². The summed E-state index contributed by atoms with van der Waals surface area (Å²) in [7, 11) is 0. The van der Waals surface area contributed by atoms with Crippen LogP contribution in [-0.4, -0.2) is 6.54 Å². The van der Waals surface area contributed by atoms with Crippen LogP contribution in [0.2, 0.25) is 0 Å². The second kappa shape index (κ2) is 5.19. The van der Waals surface area contributed by atoms with Gasteiger partial charge in [0.05, 0.1) is 0 Å². The van der Waals surface area contributed by atoms with Crippen LogP contribution in [0.25, 0.3) is 0 Å². The summed E-state index contributed by atoms with van der Waals surface area (Å²) in [5, 5.41) is 3.59. The van der Waals surface area contributed by atoms with E-state index in [1.807, 2.05) is 0 Å². The Morgan fingerprint density at radius 2 is 2.19 bits per heavy atom. The molecular formula is C13H17Br2N. The lowest BCUT2D eigenvalue weighted by Crippen LogP contribution is -2.25. The predicted molar refractivity (Wildman–Crippen MR) is 75.9 cm³/mol. The van der Waals surface area contributed by atoms with Gasteiger partial charge in [0.15, 0.2) is 0 Å². The minimum Gasteiger partial charge on any atom is -0.310 e. The van der Waals surface area contributed by atoms with Crippen molar-refractivity contribution >= 4 is 31.9 Å². The molecule has 1 N–H and O–H groups in total. The van der Waals surface area contributed by atoms with Crippen molar-refractivity contribution in [3.63, 3.8) is 0 Å². The van der Waals surface area contributed by atoms with Crippen LogP contribution in [0.15, 0.2) is 15.0 Å². The van der Waals surface area contributed by atoms with Gasteiger partial charge in [0, 0.05) is 15.0 Å². The smallest absolute Gasteiger partial charge is 0.0334 e. The van der Waals surface area contributed by atoms with Gasteiger partial charge in [-0.1, -0.05) is 38.8 Å². The second-order valence-electron chi connectivity index (χ2n) is 4.38. The quantitative estimate of drug-likeness (QED) is 0.830. The van der Waals surface area contributed by atoms with Gasteiger partial charge in [-0.3, -0.25) is 0 Å². The lowest BCUT2D eigenvalue weighted by atomic mass is 9.86. The molecule has 1 nitrogen and oxygen atoms in total. The monoisotopic (exact) mass is 345 g/mol. The van der Waals surface area contributed by atoms with E-state index < -0.39 is 0 Å². The largest absolute Gasteiger partial charge is 0.310 e. The van der Waals surface area contributed by atoms with Gasteiger partial charge >= 0.3 is 0 Å². The molecule has 0 aromatic heterocycles. The van der Waals surface area contributed by atoms with Crippen molar-refractivity contribution in [2.75, 3.05) is 6.54 Å². The number of aryl methyl sites for hydroxylation is 1. The molecule has 1 aliphatic rings. The Morgan fingerprint density at radius 3 is 2.88 bits per heavy atom. The highest BCUT2D eigenvalue weighted by Gasteiger charge is 2.24. The molecule has 0 saturated carbocycles. The Hall–Kier alpha value is 0.140. The molecule has 0 fully saturated rings. The van der Waals surface area contributed by atoms with E-state index in [0.29, 0.717) is 6.04 Å². The maximum Gasteiger partial charge on any atom is 0.0334 e. The van der Waals surface area contributed by atoms with Crippen LogP contribution in [0, 0.1) is 6.92 Å². The van der Waals surface area contributed by atoms with Crippen LogP contribution in [0.3, 0.4) is 0 Å². The fourth-order valence-corrected chi connectivity index (χ4v) is 3.89. The molecule has 1 aromatic carbocycles. The summed E-state index contributed by atoms with van der Waals surface area (Å²) < 4.78 is 2.56. The van der Waals surface area contributed by atoms with Crippen LogP contribution < -0.4 is 5.32 Å². The third-order valence-corrected chi connectivity index (χ3v) is 5.02. The Morgan fingerprint density at radius 1 is 1.44 bits per heavy atom. The summed E-state index contributed by atoms with van der Waals surface area (Å²) in [5.74, 6) is 0. The number of hydrogen-bond acceptors (Lipinski definition) is 1. The fraction of sp³-hybridized carbons (Fsp3) is 0.538. The van der Waals surface area contributed by atoms with Crippen molar-refractivity contribution in [2.24, 2.45) is 0 Å². The summed E-state index contributed by atoms with van der Waals surface area (Å²) in [6, 6.07) is 2.73. The minimum atomic E-state index is 0.513. The zero-order valence-electron chi connectivity index (χ0n) is 9.74. The van der Waals surface area contributed by atoms with Gasteiger partial charge in [-0.05, 0) is 55.5 Å². The number of benzene rings is 1. The number of rotatable bonds is 2. The van der Waals surface area contributed by atoms with Crippen molar-refractivity contribution in [3.05, 3.63) is 31.7 Å². The molecule has 0 heterocycles. The van der Waals surface area contributed by atoms with Gasteiger partial charge < -0.3 is 5.32 Å². The average Bonchev–Trinajstić information content (AvgIpc) is 2.26. The van der Waals surface area contributed by atoms with Crippen LogP contribution in [0.5, 0.6) is 0 Å². The molecule has 3 heteroatoms. The second-order valence-corrected chi connectivity index (χ2v) is 6.03. The summed E-state index contributed by atoms with van der Waals surface area (Å²) in [6.07, 6.45) is 3.71. The molecule has 1 unspecified atom stereocenters. The van der Waals surface area contributed by atoms with E-state index in [9.17, 15) is 0 Å². The lowest BCUT2D eigenvalue weighted by molar-refractivity contribution is 0.469. The van der Waals surface area contributed by atoms with E-state index >= 15 is 0 Å². The average molecular weight is 347 g/mol. The molecule has 0 bridgehead atoms. The van der Waals surface area contributed by atoms with Gasteiger partial charge in [-0.2, -0.15) is 0 Å². The first kappa shape index (κ1) is 12.6. The van der Waals surface area contributed by atoms with Crippen LogP contribution in [0.1, 0.15) is 42.5 Å². The van der Waals surface area contributed by atoms with Crippen molar-refractivity contribution in [2.45, 2.75) is 39.2 Å². The normalized spacial score (nSPS) is 19.6. The first-order valence-electron chi connectivity index (χ1n) is 5.86. The standard InChI is InChI=1S/C13H17Br2N/c1-3-16-11-6-4-5-9-10(14)7-8(2)13(15)12(9)11/h7,11,16H,3-6H2,1-2H3. The predicted octanol–water partition coefficient (Wildman–Crippen LogP) is 4.51. The molecule has 0 saturated heterocycles. The molecule has 0 aliphatic heterocycles. The minimum absolute atomic E-state index is 0.513. The van der Waals surface area contributed by atoms with E-state index in [-0.39, 0.29) is 0 Å². The van der Waals surface area contributed by atoms with Crippen LogP contribution in [0.4, 0.5) is 0 Å². The van der Waals surface area contributed by atoms with Gasteiger partial charge in [-0.15, -0.1) is 0 Å². The zero-order valence-corrected chi connectivity index (χ0v) is 12.9. The number of hydrogen-bond donors (Lipinski definition) is 1. The molecule has 0 amide bonds. The highest BCUT2D eigenvalue weighted by Crippen LogP contribution is 2.40. The third kappa shape index (κ3) is 2.22. The highest BCUT2D eigenvalue weighted by atomic mass is 79.9. The van der Waals surface area contributed by atoms with E-state index in [4.69, 9.17) is 0 Å². The highest BCUT2D eigenvalue weighted by molar-refractivity contribution is 9.11. The number of halogens is 2. The summed E-state index contributed by atoms with van der Waals surface area (Å²) in [4.78, 5) is 0. The fourth-order valence-electron chi connectivity index (χ4n) is 2.51. The third-order valence-electron chi connectivity index (χ3n) is 3.26. The SMILES string of the molecule is CCNC1CCCc2c(Br)cc(C)c(Br)c21. The van der Waals surface area contributed by atoms with Gasteiger partial charge in [0.1, 0.15) is 0 Å². The van der Waals surface area contributed by atoms with E-state index in [1.165, 1.54) is 44.9 Å². The van der Waals surface area contributed by atoms with Crippen LogP contribution >= 0.6 is 31.9 Å². The Bertz CT molecular complexity index is 401. The molecular weight excluding hydrogens is 330 g/mol. The molecule has 1 aliphatic carbocycles. The molecule has 0 radical (unpaired) electrons. The maximum absolute atomic E-state index is 3.75. The topological polar surface area (TPSA) is 12.0 Å². The summed E-state index contributed by atoms with van der Waals surface area (Å²) in [6.45, 7) is 5.36. The van der Waals surface area contributed by atoms with Crippen molar-refractivity contribution in [1.82, 2.24) is 5.32 Å². The molecule has 0 spiro atoms. The van der Waals surface area contributed by atoms with E-state index in [0.717, 1.165) is 6.54 Å². The number of fused-ring (bicyclic) bond motifs is 1. The van der Waals surface area contributed by atoms with Crippen molar-refractivity contribution in [3.8, 4) is 0 Å². The van der Waals surface area contributed by atoms with Crippen LogP contribution in [-0.2, 0) is 6.42 Å². The zero-order chi connectivity index (χ0) is 11.7. The maximum atomic E-state index is 3.75.